The van der Waals surface area contributed by atoms with Gasteiger partial charge < -0.3 is 14.3 Å². The molecule has 2 aromatic heterocycles. The van der Waals surface area contributed by atoms with Crippen LogP contribution >= 0.6 is 22.9 Å². The molecule has 0 bridgehead atoms. The van der Waals surface area contributed by atoms with Crippen molar-refractivity contribution in [3.63, 3.8) is 0 Å². The molecular formula is C26H19ClN2O6S. The van der Waals surface area contributed by atoms with Gasteiger partial charge in [0.15, 0.2) is 16.7 Å². The molecular weight excluding hydrogens is 504 g/mol. The average Bonchev–Trinajstić information content (AvgIpc) is 3.53. The van der Waals surface area contributed by atoms with Gasteiger partial charge in [-0.25, -0.2) is 9.78 Å². The number of rotatable bonds is 6. The molecule has 0 fully saturated rings. The lowest BCUT2D eigenvalue weighted by Gasteiger charge is -2.24. The number of para-hydroxylation sites is 1. The minimum atomic E-state index is -1.03. The molecule has 1 N–H and O–H groups in total. The zero-order chi connectivity index (χ0) is 25.6. The maximum absolute atomic E-state index is 13.7. The number of benzene rings is 2. The largest absolute Gasteiger partial charge is 0.503 e. The Labute approximate surface area is 214 Å². The lowest BCUT2D eigenvalue weighted by molar-refractivity contribution is -0.117. The predicted octanol–water partition coefficient (Wildman–Crippen LogP) is 5.81. The number of fused-ring (bicyclic) bond motifs is 1. The number of amides is 1. The fourth-order valence-electron chi connectivity index (χ4n) is 4.09. The molecule has 0 saturated carbocycles. The third kappa shape index (κ3) is 3.96. The molecule has 2 aromatic carbocycles. The van der Waals surface area contributed by atoms with E-state index < -0.39 is 29.5 Å². The van der Waals surface area contributed by atoms with Crippen LogP contribution in [0, 0.1) is 6.92 Å². The zero-order valence-corrected chi connectivity index (χ0v) is 20.7. The van der Waals surface area contributed by atoms with E-state index in [1.807, 2.05) is 6.07 Å². The number of aromatic nitrogens is 1. The number of esters is 1. The fourth-order valence-corrected chi connectivity index (χ4v) is 5.21. The van der Waals surface area contributed by atoms with Gasteiger partial charge in [0.2, 0.25) is 5.78 Å². The van der Waals surface area contributed by atoms with Crippen LogP contribution in [0.15, 0.2) is 70.3 Å². The number of thiazole rings is 1. The second-order valence-electron chi connectivity index (χ2n) is 8.00. The van der Waals surface area contributed by atoms with E-state index in [4.69, 9.17) is 20.8 Å². The molecule has 182 valence electrons. The third-order valence-electron chi connectivity index (χ3n) is 5.74. The van der Waals surface area contributed by atoms with E-state index in [0.29, 0.717) is 27.2 Å². The monoisotopic (exact) mass is 522 g/mol. The Morgan fingerprint density at radius 1 is 1.19 bits per heavy atom. The summed E-state index contributed by atoms with van der Waals surface area (Å²) in [6, 6.07) is 14.2. The molecule has 8 nitrogen and oxygen atoms in total. The Kier molecular flexibility index (Phi) is 6.11. The Morgan fingerprint density at radius 3 is 2.61 bits per heavy atom. The Balaban J connectivity index is 1.63. The molecule has 3 heterocycles. The number of ether oxygens (including phenoxy) is 1. The quantitative estimate of drug-likeness (QED) is 0.251. The molecule has 1 amide bonds. The molecule has 0 saturated heterocycles. The van der Waals surface area contributed by atoms with E-state index in [-0.39, 0.29) is 27.9 Å². The highest BCUT2D eigenvalue weighted by molar-refractivity contribution is 7.17. The summed E-state index contributed by atoms with van der Waals surface area (Å²) in [6.07, 6.45) is 0. The Bertz CT molecular complexity index is 1520. The van der Waals surface area contributed by atoms with Crippen LogP contribution in [0.25, 0.3) is 11.0 Å². The van der Waals surface area contributed by atoms with Crippen LogP contribution in [-0.2, 0) is 9.53 Å². The average molecular weight is 523 g/mol. The fraction of sp³-hybridized carbons (Fsp3) is 0.154. The van der Waals surface area contributed by atoms with Crippen molar-refractivity contribution in [3.8, 4) is 0 Å². The molecule has 4 aromatic rings. The number of halogens is 1. The number of aliphatic hydroxyl groups is 1. The summed E-state index contributed by atoms with van der Waals surface area (Å²) in [4.78, 5) is 45.2. The Morgan fingerprint density at radius 2 is 1.92 bits per heavy atom. The molecule has 0 aliphatic carbocycles. The van der Waals surface area contributed by atoms with Crippen molar-refractivity contribution in [2.75, 3.05) is 11.5 Å². The van der Waals surface area contributed by atoms with Crippen molar-refractivity contribution >= 4 is 56.7 Å². The van der Waals surface area contributed by atoms with E-state index in [9.17, 15) is 19.5 Å². The summed E-state index contributed by atoms with van der Waals surface area (Å²) < 4.78 is 10.8. The smallest absolute Gasteiger partial charge is 0.350 e. The van der Waals surface area contributed by atoms with Crippen molar-refractivity contribution in [1.82, 2.24) is 4.98 Å². The maximum Gasteiger partial charge on any atom is 0.350 e. The summed E-state index contributed by atoms with van der Waals surface area (Å²) in [5, 5.41) is 12.2. The van der Waals surface area contributed by atoms with Crippen molar-refractivity contribution in [1.29, 1.82) is 0 Å². The first-order valence-corrected chi connectivity index (χ1v) is 12.2. The van der Waals surface area contributed by atoms with Gasteiger partial charge in [-0.3, -0.25) is 14.5 Å². The molecule has 5 rings (SSSR count). The Hall–Kier alpha value is -3.95. The van der Waals surface area contributed by atoms with Gasteiger partial charge in [-0.05, 0) is 43.7 Å². The number of anilines is 1. The van der Waals surface area contributed by atoms with Crippen LogP contribution in [0.2, 0.25) is 5.02 Å². The summed E-state index contributed by atoms with van der Waals surface area (Å²) in [5.41, 5.74) is 1.22. The predicted molar refractivity (Wildman–Crippen MR) is 135 cm³/mol. The number of hydrogen-bond acceptors (Lipinski definition) is 8. The van der Waals surface area contributed by atoms with Crippen LogP contribution in [-0.4, -0.2) is 34.4 Å². The van der Waals surface area contributed by atoms with Crippen LogP contribution in [0.1, 0.15) is 44.4 Å². The van der Waals surface area contributed by atoms with Gasteiger partial charge in [-0.1, -0.05) is 53.3 Å². The maximum atomic E-state index is 13.7. The summed E-state index contributed by atoms with van der Waals surface area (Å²) in [7, 11) is 0. The number of hydrogen-bond donors (Lipinski definition) is 1. The summed E-state index contributed by atoms with van der Waals surface area (Å²) in [6.45, 7) is 3.49. The van der Waals surface area contributed by atoms with Gasteiger partial charge in [0, 0.05) is 10.4 Å². The van der Waals surface area contributed by atoms with Crippen molar-refractivity contribution in [2.45, 2.75) is 19.9 Å². The van der Waals surface area contributed by atoms with Crippen molar-refractivity contribution in [2.24, 2.45) is 0 Å². The van der Waals surface area contributed by atoms with Gasteiger partial charge in [-0.15, -0.1) is 0 Å². The highest BCUT2D eigenvalue weighted by Gasteiger charge is 2.47. The molecule has 1 aliphatic rings. The number of Topliss-reactive ketones (excluding diaryl/α,β-unsaturated/α-hetero) is 1. The van der Waals surface area contributed by atoms with E-state index in [1.54, 1.807) is 62.4 Å². The van der Waals surface area contributed by atoms with Gasteiger partial charge in [-0.2, -0.15) is 0 Å². The first-order chi connectivity index (χ1) is 17.3. The van der Waals surface area contributed by atoms with Crippen LogP contribution < -0.4 is 4.90 Å². The number of ketones is 1. The third-order valence-corrected chi connectivity index (χ3v) is 7.13. The highest BCUT2D eigenvalue weighted by atomic mass is 35.5. The van der Waals surface area contributed by atoms with Gasteiger partial charge in [0.25, 0.3) is 5.91 Å². The summed E-state index contributed by atoms with van der Waals surface area (Å²) >= 11 is 7.02. The van der Waals surface area contributed by atoms with Crippen LogP contribution in [0.5, 0.6) is 0 Å². The molecule has 36 heavy (non-hydrogen) atoms. The number of aryl methyl sites for hydroxylation is 1. The van der Waals surface area contributed by atoms with E-state index in [1.165, 1.54) is 4.90 Å². The normalized spacial score (nSPS) is 15.7. The van der Waals surface area contributed by atoms with Crippen molar-refractivity contribution < 1.29 is 28.6 Å². The van der Waals surface area contributed by atoms with E-state index in [0.717, 1.165) is 11.3 Å². The number of carbonyl (C=O) groups is 3. The molecule has 1 atom stereocenters. The SMILES string of the molecule is CCOC(=O)c1sc(N2C(=O)C(O)=C(C(=O)c3cc4ccccc4o3)C2c2ccc(Cl)cc2)nc1C. The standard InChI is InChI=1S/C26H19ClN2O6S/c1-3-34-25(33)23-13(2)28-26(36-23)29-20(14-8-10-16(27)11-9-14)19(22(31)24(29)32)21(30)18-12-15-6-4-5-7-17(15)35-18/h4-12,20,31H,3H2,1-2H3. The summed E-state index contributed by atoms with van der Waals surface area (Å²) in [5.74, 6) is -2.76. The number of carbonyl (C=O) groups excluding carboxylic acids is 3. The number of furan rings is 1. The lowest BCUT2D eigenvalue weighted by Crippen LogP contribution is -2.31. The number of aliphatic hydroxyl groups excluding tert-OH is 1. The molecule has 1 unspecified atom stereocenters. The van der Waals surface area contributed by atoms with Crippen LogP contribution in [0.4, 0.5) is 5.13 Å². The molecule has 1 aliphatic heterocycles. The zero-order valence-electron chi connectivity index (χ0n) is 19.1. The first kappa shape index (κ1) is 23.8. The molecule has 10 heteroatoms. The minimum absolute atomic E-state index is 0.0195. The van der Waals surface area contributed by atoms with Gasteiger partial charge in [0.1, 0.15) is 10.5 Å². The van der Waals surface area contributed by atoms with Crippen LogP contribution in [0.3, 0.4) is 0 Å². The van der Waals surface area contributed by atoms with E-state index in [2.05, 4.69) is 4.98 Å². The topological polar surface area (TPSA) is 110 Å². The van der Waals surface area contributed by atoms with E-state index >= 15 is 0 Å². The second-order valence-corrected chi connectivity index (χ2v) is 9.41. The number of nitrogens with zero attached hydrogens (tertiary/aromatic N) is 2. The van der Waals surface area contributed by atoms with Crippen molar-refractivity contribution in [3.05, 3.63) is 92.8 Å². The highest BCUT2D eigenvalue weighted by Crippen LogP contribution is 2.44. The molecule has 0 radical (unpaired) electrons. The minimum Gasteiger partial charge on any atom is -0.503 e. The lowest BCUT2D eigenvalue weighted by atomic mass is 9.95. The molecule has 0 spiro atoms. The second kappa shape index (κ2) is 9.25. The van der Waals surface area contributed by atoms with Gasteiger partial charge in [0.05, 0.1) is 23.9 Å². The van der Waals surface area contributed by atoms with Gasteiger partial charge >= 0.3 is 5.97 Å². The first-order valence-electron chi connectivity index (χ1n) is 11.0.